The van der Waals surface area contributed by atoms with Gasteiger partial charge in [0.2, 0.25) is 0 Å². The van der Waals surface area contributed by atoms with Crippen molar-refractivity contribution < 1.29 is 14.3 Å². The van der Waals surface area contributed by atoms with E-state index < -0.39 is 0 Å². The lowest BCUT2D eigenvalue weighted by Gasteiger charge is -2.09. The number of benzene rings is 3. The summed E-state index contributed by atoms with van der Waals surface area (Å²) in [5, 5.41) is 10.3. The second kappa shape index (κ2) is 10.7. The first-order valence-electron chi connectivity index (χ1n) is 11.5. The molecule has 0 atom stereocenters. The summed E-state index contributed by atoms with van der Waals surface area (Å²) < 4.78 is 7.26. The molecule has 0 saturated heterocycles. The van der Waals surface area contributed by atoms with Gasteiger partial charge in [0.15, 0.2) is 0 Å². The smallest absolute Gasteiger partial charge is 0.259 e. The average Bonchev–Trinajstić information content (AvgIpc) is 3.14. The second-order valence-corrected chi connectivity index (χ2v) is 8.13. The van der Waals surface area contributed by atoms with Gasteiger partial charge in [0.25, 0.3) is 11.8 Å². The molecule has 0 aliphatic rings. The largest absolute Gasteiger partial charge is 0.494 e. The Morgan fingerprint density at radius 1 is 0.829 bits per heavy atom. The molecule has 4 aromatic rings. The van der Waals surface area contributed by atoms with Gasteiger partial charge in [-0.3, -0.25) is 14.3 Å². The number of nitrogens with zero attached hydrogens (tertiary/aromatic N) is 2. The van der Waals surface area contributed by atoms with Gasteiger partial charge in [0, 0.05) is 22.6 Å². The number of rotatable bonds is 8. The Kier molecular flexibility index (Phi) is 7.26. The van der Waals surface area contributed by atoms with E-state index in [-0.39, 0.29) is 11.8 Å². The lowest BCUT2D eigenvalue weighted by molar-refractivity contribution is 0.101. The summed E-state index contributed by atoms with van der Waals surface area (Å²) in [5.41, 5.74) is 4.90. The highest BCUT2D eigenvalue weighted by molar-refractivity contribution is 6.07. The van der Waals surface area contributed by atoms with Crippen LogP contribution in [0.2, 0.25) is 0 Å². The molecule has 3 aromatic carbocycles. The molecule has 1 heterocycles. The first-order valence-corrected chi connectivity index (χ1v) is 11.5. The number of anilines is 2. The third-order valence-corrected chi connectivity index (χ3v) is 5.61. The summed E-state index contributed by atoms with van der Waals surface area (Å²) in [4.78, 5) is 25.6. The number of hydrogen-bond donors (Lipinski definition) is 2. The minimum Gasteiger partial charge on any atom is -0.494 e. The Balaban J connectivity index is 1.40. The number of aryl methyl sites for hydroxylation is 1. The van der Waals surface area contributed by atoms with Gasteiger partial charge in [-0.25, -0.2) is 0 Å². The molecule has 0 aliphatic heterocycles. The average molecular weight is 469 g/mol. The maximum atomic E-state index is 13.0. The molecule has 0 saturated carbocycles. The highest BCUT2D eigenvalue weighted by atomic mass is 16.5. The summed E-state index contributed by atoms with van der Waals surface area (Å²) in [7, 11) is 0. The van der Waals surface area contributed by atoms with Crippen LogP contribution in [-0.2, 0) is 6.54 Å². The Morgan fingerprint density at radius 2 is 1.43 bits per heavy atom. The van der Waals surface area contributed by atoms with E-state index in [0.717, 1.165) is 17.0 Å². The molecule has 0 fully saturated rings. The summed E-state index contributed by atoms with van der Waals surface area (Å²) >= 11 is 0. The third-order valence-electron chi connectivity index (χ3n) is 5.61. The molecular formula is C28H28N4O3. The summed E-state index contributed by atoms with van der Waals surface area (Å²) in [6, 6.07) is 24.0. The molecule has 35 heavy (non-hydrogen) atoms. The quantitative estimate of drug-likeness (QED) is 0.360. The topological polar surface area (TPSA) is 85.2 Å². The second-order valence-electron chi connectivity index (χ2n) is 8.13. The minimum absolute atomic E-state index is 0.231. The maximum absolute atomic E-state index is 13.0. The molecule has 1 aromatic heterocycles. The Hall–Kier alpha value is -4.39. The fourth-order valence-corrected chi connectivity index (χ4v) is 3.84. The van der Waals surface area contributed by atoms with Gasteiger partial charge in [0.1, 0.15) is 5.75 Å². The van der Waals surface area contributed by atoms with Gasteiger partial charge in [0.05, 0.1) is 24.4 Å². The molecule has 178 valence electrons. The minimum atomic E-state index is -0.235. The Morgan fingerprint density at radius 3 is 2.06 bits per heavy atom. The van der Waals surface area contributed by atoms with E-state index in [1.54, 1.807) is 36.4 Å². The highest BCUT2D eigenvalue weighted by Crippen LogP contribution is 2.19. The fourth-order valence-electron chi connectivity index (χ4n) is 3.84. The monoisotopic (exact) mass is 468 g/mol. The van der Waals surface area contributed by atoms with E-state index in [2.05, 4.69) is 15.7 Å². The van der Waals surface area contributed by atoms with Gasteiger partial charge in [-0.1, -0.05) is 30.3 Å². The van der Waals surface area contributed by atoms with Crippen molar-refractivity contribution in [3.05, 3.63) is 107 Å². The van der Waals surface area contributed by atoms with Crippen LogP contribution in [0.15, 0.2) is 78.9 Å². The van der Waals surface area contributed by atoms with Gasteiger partial charge in [-0.05, 0) is 74.9 Å². The number of carbonyl (C=O) groups excluding carboxylic acids is 2. The Bertz CT molecular complexity index is 1310. The van der Waals surface area contributed by atoms with Crippen LogP contribution in [0, 0.1) is 13.8 Å². The molecule has 4 rings (SSSR count). The Labute approximate surface area is 204 Å². The first-order chi connectivity index (χ1) is 16.9. The zero-order chi connectivity index (χ0) is 24.8. The van der Waals surface area contributed by atoms with Crippen molar-refractivity contribution in [3.8, 4) is 5.75 Å². The summed E-state index contributed by atoms with van der Waals surface area (Å²) in [5.74, 6) is 0.286. The van der Waals surface area contributed by atoms with Crippen LogP contribution in [-0.4, -0.2) is 28.2 Å². The predicted octanol–water partition coefficient (Wildman–Crippen LogP) is 5.45. The van der Waals surface area contributed by atoms with Crippen LogP contribution in [0.5, 0.6) is 5.75 Å². The number of amides is 2. The normalized spacial score (nSPS) is 10.6. The molecule has 0 spiro atoms. The van der Waals surface area contributed by atoms with Crippen molar-refractivity contribution in [1.82, 2.24) is 9.78 Å². The van der Waals surface area contributed by atoms with Gasteiger partial charge in [-0.2, -0.15) is 5.10 Å². The molecule has 0 unspecified atom stereocenters. The van der Waals surface area contributed by atoms with E-state index in [9.17, 15) is 9.59 Å². The fraction of sp³-hybridized carbons (Fsp3) is 0.179. The molecule has 2 amide bonds. The van der Waals surface area contributed by atoms with Crippen LogP contribution >= 0.6 is 0 Å². The lowest BCUT2D eigenvalue weighted by Crippen LogP contribution is -2.15. The highest BCUT2D eigenvalue weighted by Gasteiger charge is 2.19. The maximum Gasteiger partial charge on any atom is 0.259 e. The van der Waals surface area contributed by atoms with E-state index in [4.69, 9.17) is 4.74 Å². The third kappa shape index (κ3) is 5.76. The number of ether oxygens (including phenoxy) is 1. The summed E-state index contributed by atoms with van der Waals surface area (Å²) in [6.45, 7) is 6.83. The van der Waals surface area contributed by atoms with Crippen molar-refractivity contribution in [1.29, 1.82) is 0 Å². The first kappa shape index (κ1) is 23.8. The predicted molar refractivity (Wildman–Crippen MR) is 137 cm³/mol. The molecule has 7 nitrogen and oxygen atoms in total. The lowest BCUT2D eigenvalue weighted by atomic mass is 10.1. The van der Waals surface area contributed by atoms with E-state index in [1.165, 1.54) is 0 Å². The molecule has 0 radical (unpaired) electrons. The molecule has 7 heteroatoms. The number of nitrogens with one attached hydrogen (secondary N) is 2. The summed E-state index contributed by atoms with van der Waals surface area (Å²) in [6.07, 6.45) is 0. The zero-order valence-electron chi connectivity index (χ0n) is 20.0. The number of hydrogen-bond acceptors (Lipinski definition) is 4. The van der Waals surface area contributed by atoms with Crippen molar-refractivity contribution in [2.75, 3.05) is 17.2 Å². The SMILES string of the molecule is CCOc1ccc(NC(=O)c2ccc(NC(=O)c3c(C)nn(Cc4ccccc4)c3C)cc2)cc1. The molecule has 0 aliphatic carbocycles. The van der Waals surface area contributed by atoms with Gasteiger partial charge in [-0.15, -0.1) is 0 Å². The van der Waals surface area contributed by atoms with Crippen LogP contribution in [0.1, 0.15) is 44.6 Å². The number of aromatic nitrogens is 2. The van der Waals surface area contributed by atoms with E-state index in [0.29, 0.717) is 41.3 Å². The van der Waals surface area contributed by atoms with Crippen LogP contribution in [0.3, 0.4) is 0 Å². The van der Waals surface area contributed by atoms with Crippen LogP contribution < -0.4 is 15.4 Å². The standard InChI is InChI=1S/C28H28N4O3/c1-4-35-25-16-14-24(15-17-25)29-27(33)22-10-12-23(13-11-22)30-28(34)26-19(2)31-32(20(26)3)18-21-8-6-5-7-9-21/h5-17H,4,18H2,1-3H3,(H,29,33)(H,30,34). The van der Waals surface area contributed by atoms with Crippen molar-refractivity contribution in [2.24, 2.45) is 0 Å². The van der Waals surface area contributed by atoms with Gasteiger partial charge < -0.3 is 15.4 Å². The molecule has 2 N–H and O–H groups in total. The van der Waals surface area contributed by atoms with Crippen molar-refractivity contribution >= 4 is 23.2 Å². The van der Waals surface area contributed by atoms with Crippen molar-refractivity contribution in [3.63, 3.8) is 0 Å². The van der Waals surface area contributed by atoms with Crippen molar-refractivity contribution in [2.45, 2.75) is 27.3 Å². The van der Waals surface area contributed by atoms with Gasteiger partial charge >= 0.3 is 0 Å². The zero-order valence-corrected chi connectivity index (χ0v) is 20.0. The van der Waals surface area contributed by atoms with Crippen LogP contribution in [0.4, 0.5) is 11.4 Å². The van der Waals surface area contributed by atoms with E-state index in [1.807, 2.05) is 67.9 Å². The molecule has 0 bridgehead atoms. The van der Waals surface area contributed by atoms with E-state index >= 15 is 0 Å². The van der Waals surface area contributed by atoms with Crippen LogP contribution in [0.25, 0.3) is 0 Å². The molecular weight excluding hydrogens is 440 g/mol. The number of carbonyl (C=O) groups is 2.